The summed E-state index contributed by atoms with van der Waals surface area (Å²) in [4.78, 5) is 0. The highest BCUT2D eigenvalue weighted by Crippen LogP contribution is 2.36. The van der Waals surface area contributed by atoms with Crippen LogP contribution in [0.5, 0.6) is 0 Å². The van der Waals surface area contributed by atoms with Crippen LogP contribution in [0.15, 0.2) is 18.2 Å². The van der Waals surface area contributed by atoms with Crippen molar-refractivity contribution in [3.63, 3.8) is 0 Å². The van der Waals surface area contributed by atoms with Crippen LogP contribution in [0.2, 0.25) is 5.02 Å². The van der Waals surface area contributed by atoms with Crippen molar-refractivity contribution in [2.24, 2.45) is 5.41 Å². The zero-order valence-electron chi connectivity index (χ0n) is 13.1. The monoisotopic (exact) mass is 313 g/mol. The molecule has 0 saturated carbocycles. The first-order valence-electron chi connectivity index (χ1n) is 7.56. The van der Waals surface area contributed by atoms with Crippen LogP contribution in [-0.4, -0.2) is 25.3 Å². The van der Waals surface area contributed by atoms with Crippen molar-refractivity contribution in [1.82, 2.24) is 5.32 Å². The summed E-state index contributed by atoms with van der Waals surface area (Å²) in [6.07, 6.45) is 2.87. The van der Waals surface area contributed by atoms with E-state index in [0.29, 0.717) is 5.02 Å². The first-order valence-corrected chi connectivity index (χ1v) is 7.94. The predicted octanol–water partition coefficient (Wildman–Crippen LogP) is 4.21. The van der Waals surface area contributed by atoms with Crippen LogP contribution in [0, 0.1) is 11.2 Å². The summed E-state index contributed by atoms with van der Waals surface area (Å²) in [5.74, 6) is -0.280. The minimum Gasteiger partial charge on any atom is -0.381 e. The first-order chi connectivity index (χ1) is 9.80. The van der Waals surface area contributed by atoms with Gasteiger partial charge in [0.25, 0.3) is 0 Å². The van der Waals surface area contributed by atoms with Gasteiger partial charge in [-0.05, 0) is 63.1 Å². The molecule has 0 aliphatic carbocycles. The molecule has 0 atom stereocenters. The van der Waals surface area contributed by atoms with E-state index in [0.717, 1.165) is 44.6 Å². The molecule has 1 aliphatic rings. The second kappa shape index (κ2) is 6.64. The highest BCUT2D eigenvalue weighted by atomic mass is 35.5. The van der Waals surface area contributed by atoms with Gasteiger partial charge in [-0.25, -0.2) is 4.39 Å². The minimum absolute atomic E-state index is 0.0812. The smallest absolute Gasteiger partial charge is 0.124 e. The maximum absolute atomic E-state index is 13.2. The molecule has 0 unspecified atom stereocenters. The molecular formula is C17H25ClFNO. The normalized spacial score (nSPS) is 18.7. The van der Waals surface area contributed by atoms with E-state index >= 15 is 0 Å². The summed E-state index contributed by atoms with van der Waals surface area (Å²) in [5, 5.41) is 4.14. The van der Waals surface area contributed by atoms with E-state index in [4.69, 9.17) is 16.3 Å². The van der Waals surface area contributed by atoms with Crippen LogP contribution < -0.4 is 5.32 Å². The molecule has 1 fully saturated rings. The zero-order chi connectivity index (χ0) is 15.5. The number of halogens is 2. The van der Waals surface area contributed by atoms with Crippen molar-refractivity contribution in [2.45, 2.75) is 45.6 Å². The van der Waals surface area contributed by atoms with E-state index in [1.165, 1.54) is 12.1 Å². The molecule has 2 rings (SSSR count). The van der Waals surface area contributed by atoms with Gasteiger partial charge in [0.05, 0.1) is 0 Å². The molecule has 0 radical (unpaired) electrons. The average molecular weight is 314 g/mol. The van der Waals surface area contributed by atoms with Crippen LogP contribution in [0.25, 0.3) is 0 Å². The van der Waals surface area contributed by atoms with Gasteiger partial charge >= 0.3 is 0 Å². The fraction of sp³-hybridized carbons (Fsp3) is 0.647. The van der Waals surface area contributed by atoms with E-state index in [1.54, 1.807) is 0 Å². The second-order valence-corrected chi connectivity index (χ2v) is 7.54. The highest BCUT2D eigenvalue weighted by molar-refractivity contribution is 6.31. The zero-order valence-corrected chi connectivity index (χ0v) is 13.9. The third-order valence-electron chi connectivity index (χ3n) is 4.13. The van der Waals surface area contributed by atoms with Crippen molar-refractivity contribution in [3.05, 3.63) is 34.6 Å². The molecule has 0 amide bonds. The molecule has 1 heterocycles. The third kappa shape index (κ3) is 4.94. The van der Waals surface area contributed by atoms with Crippen molar-refractivity contribution in [3.8, 4) is 0 Å². The average Bonchev–Trinajstić information content (AvgIpc) is 2.41. The standard InChI is InChI=1S/C17H25ClFNO/c1-16(2,3)20-12-17(6-8-21-9-7-17)11-13-4-5-14(19)10-15(13)18/h4-5,10,20H,6-9,11-12H2,1-3H3. The van der Waals surface area contributed by atoms with Crippen LogP contribution in [0.3, 0.4) is 0 Å². The van der Waals surface area contributed by atoms with Crippen molar-refractivity contribution >= 4 is 11.6 Å². The van der Waals surface area contributed by atoms with E-state index in [1.807, 2.05) is 6.07 Å². The third-order valence-corrected chi connectivity index (χ3v) is 4.48. The van der Waals surface area contributed by atoms with Gasteiger partial charge in [0.2, 0.25) is 0 Å². The van der Waals surface area contributed by atoms with Crippen LogP contribution in [-0.2, 0) is 11.2 Å². The molecule has 0 bridgehead atoms. The van der Waals surface area contributed by atoms with Crippen LogP contribution in [0.4, 0.5) is 4.39 Å². The van der Waals surface area contributed by atoms with Gasteiger partial charge in [-0.2, -0.15) is 0 Å². The molecule has 4 heteroatoms. The maximum Gasteiger partial charge on any atom is 0.124 e. The van der Waals surface area contributed by atoms with Gasteiger partial charge in [0.15, 0.2) is 0 Å². The van der Waals surface area contributed by atoms with Gasteiger partial charge in [-0.15, -0.1) is 0 Å². The molecule has 1 aliphatic heterocycles. The first kappa shape index (κ1) is 16.7. The van der Waals surface area contributed by atoms with E-state index in [-0.39, 0.29) is 16.8 Å². The maximum atomic E-state index is 13.2. The fourth-order valence-corrected chi connectivity index (χ4v) is 2.98. The van der Waals surface area contributed by atoms with Gasteiger partial charge in [0.1, 0.15) is 5.82 Å². The summed E-state index contributed by atoms with van der Waals surface area (Å²) >= 11 is 6.21. The number of nitrogens with one attached hydrogen (secondary N) is 1. The molecule has 0 aromatic heterocycles. The molecule has 118 valence electrons. The van der Waals surface area contributed by atoms with E-state index in [2.05, 4.69) is 26.1 Å². The summed E-state index contributed by atoms with van der Waals surface area (Å²) in [6, 6.07) is 4.71. The molecule has 1 aromatic rings. The lowest BCUT2D eigenvalue weighted by Crippen LogP contribution is -2.47. The van der Waals surface area contributed by atoms with Gasteiger partial charge in [-0.1, -0.05) is 17.7 Å². The Hall–Kier alpha value is -0.640. The van der Waals surface area contributed by atoms with Crippen LogP contribution >= 0.6 is 11.6 Å². The number of rotatable bonds is 4. The molecule has 1 N–H and O–H groups in total. The van der Waals surface area contributed by atoms with E-state index in [9.17, 15) is 4.39 Å². The lowest BCUT2D eigenvalue weighted by atomic mass is 9.74. The number of hydrogen-bond donors (Lipinski definition) is 1. The van der Waals surface area contributed by atoms with E-state index < -0.39 is 0 Å². The molecule has 2 nitrogen and oxygen atoms in total. The topological polar surface area (TPSA) is 21.3 Å². The number of hydrogen-bond acceptors (Lipinski definition) is 2. The summed E-state index contributed by atoms with van der Waals surface area (Å²) in [5.41, 5.74) is 1.24. The number of ether oxygens (including phenoxy) is 1. The summed E-state index contributed by atoms with van der Waals surface area (Å²) in [7, 11) is 0. The lowest BCUT2D eigenvalue weighted by Gasteiger charge is -2.40. The van der Waals surface area contributed by atoms with Gasteiger partial charge in [-0.3, -0.25) is 0 Å². The Morgan fingerprint density at radius 1 is 1.29 bits per heavy atom. The van der Waals surface area contributed by atoms with Gasteiger partial charge < -0.3 is 10.1 Å². The largest absolute Gasteiger partial charge is 0.381 e. The van der Waals surface area contributed by atoms with Crippen LogP contribution in [0.1, 0.15) is 39.2 Å². The Kier molecular flexibility index (Phi) is 5.29. The Bertz CT molecular complexity index is 478. The minimum atomic E-state index is -0.280. The Morgan fingerprint density at radius 2 is 1.95 bits per heavy atom. The quantitative estimate of drug-likeness (QED) is 0.899. The Balaban J connectivity index is 2.15. The Morgan fingerprint density at radius 3 is 2.52 bits per heavy atom. The molecule has 21 heavy (non-hydrogen) atoms. The summed E-state index contributed by atoms with van der Waals surface area (Å²) < 4.78 is 18.7. The second-order valence-electron chi connectivity index (χ2n) is 7.13. The van der Waals surface area contributed by atoms with Gasteiger partial charge in [0, 0.05) is 30.3 Å². The fourth-order valence-electron chi connectivity index (χ4n) is 2.74. The summed E-state index contributed by atoms with van der Waals surface area (Å²) in [6.45, 7) is 9.00. The highest BCUT2D eigenvalue weighted by Gasteiger charge is 2.34. The molecule has 1 saturated heterocycles. The Labute approximate surface area is 132 Å². The molecular weight excluding hydrogens is 289 g/mol. The van der Waals surface area contributed by atoms with Crippen molar-refractivity contribution in [2.75, 3.05) is 19.8 Å². The number of benzene rings is 1. The SMILES string of the molecule is CC(C)(C)NCC1(Cc2ccc(F)cc2Cl)CCOCC1. The van der Waals surface area contributed by atoms with Crippen molar-refractivity contribution in [1.29, 1.82) is 0 Å². The molecule has 1 aromatic carbocycles. The lowest BCUT2D eigenvalue weighted by molar-refractivity contribution is 0.0121. The molecule has 0 spiro atoms. The van der Waals surface area contributed by atoms with Crippen molar-refractivity contribution < 1.29 is 9.13 Å². The predicted molar refractivity (Wildman–Crippen MR) is 85.4 cm³/mol.